The Bertz CT molecular complexity index is 1430. The molecule has 1 heterocycles. The van der Waals surface area contributed by atoms with E-state index in [0.29, 0.717) is 17.3 Å². The van der Waals surface area contributed by atoms with Gasteiger partial charge in [-0.25, -0.2) is 13.2 Å². The molecule has 0 saturated carbocycles. The fraction of sp³-hybridized carbons (Fsp3) is 0.569. The number of anilines is 1. The van der Waals surface area contributed by atoms with Gasteiger partial charge in [0.15, 0.2) is 11.6 Å². The first kappa shape index (κ1) is 54.8. The number of allylic oxidation sites excluding steroid dienone is 2. The van der Waals surface area contributed by atoms with Crippen molar-refractivity contribution in [1.82, 2.24) is 5.32 Å². The molecule has 2 nitrogen and oxygen atoms in total. The molecule has 1 aliphatic rings. The van der Waals surface area contributed by atoms with Crippen molar-refractivity contribution in [3.63, 3.8) is 0 Å². The van der Waals surface area contributed by atoms with Crippen LogP contribution in [0.25, 0.3) is 0 Å². The van der Waals surface area contributed by atoms with Gasteiger partial charge >= 0.3 is 0 Å². The summed E-state index contributed by atoms with van der Waals surface area (Å²) in [4.78, 5) is 2.35. The molecule has 0 amide bonds. The van der Waals surface area contributed by atoms with E-state index in [1.54, 1.807) is 6.92 Å². The molecular weight excluding hydrogens is 698 g/mol. The maximum atomic E-state index is 13.2. The topological polar surface area (TPSA) is 15.3 Å². The van der Waals surface area contributed by atoms with Crippen molar-refractivity contribution in [1.29, 1.82) is 0 Å². The molecule has 5 heteroatoms. The number of nitrogens with zero attached hydrogens (tertiary/aromatic N) is 1. The number of hydrogen-bond donors (Lipinski definition) is 1. The zero-order chi connectivity index (χ0) is 43.2. The fourth-order valence-electron chi connectivity index (χ4n) is 5.89. The van der Waals surface area contributed by atoms with Gasteiger partial charge in [0.25, 0.3) is 0 Å². The molecule has 0 bridgehead atoms. The zero-order valence-electron chi connectivity index (χ0n) is 38.2. The van der Waals surface area contributed by atoms with E-state index < -0.39 is 17.5 Å². The number of para-hydroxylation sites is 1. The Morgan fingerprint density at radius 2 is 1.27 bits per heavy atom. The van der Waals surface area contributed by atoms with Crippen LogP contribution < -0.4 is 10.2 Å². The van der Waals surface area contributed by atoms with Crippen molar-refractivity contribution in [2.24, 2.45) is 10.8 Å². The van der Waals surface area contributed by atoms with Crippen molar-refractivity contribution < 1.29 is 13.2 Å². The Morgan fingerprint density at radius 1 is 0.714 bits per heavy atom. The summed E-state index contributed by atoms with van der Waals surface area (Å²) in [6, 6.07) is 18.4. The maximum absolute atomic E-state index is 13.2. The highest BCUT2D eigenvalue weighted by Crippen LogP contribution is 2.32. The van der Waals surface area contributed by atoms with Crippen LogP contribution in [0.4, 0.5) is 18.9 Å². The van der Waals surface area contributed by atoms with Gasteiger partial charge in [-0.05, 0) is 123 Å². The van der Waals surface area contributed by atoms with Gasteiger partial charge in [0.2, 0.25) is 0 Å². The molecule has 3 aromatic rings. The lowest BCUT2D eigenvalue weighted by atomic mass is 9.78. The van der Waals surface area contributed by atoms with E-state index in [9.17, 15) is 13.2 Å². The number of hydrogen-bond acceptors (Lipinski definition) is 2. The third kappa shape index (κ3) is 23.7. The van der Waals surface area contributed by atoms with Gasteiger partial charge in [0, 0.05) is 24.8 Å². The third-order valence-corrected chi connectivity index (χ3v) is 9.31. The van der Waals surface area contributed by atoms with E-state index in [1.165, 1.54) is 61.4 Å². The summed E-state index contributed by atoms with van der Waals surface area (Å²) < 4.78 is 39.0. The van der Waals surface area contributed by atoms with Crippen LogP contribution in [0.5, 0.6) is 0 Å². The molecule has 4 rings (SSSR count). The van der Waals surface area contributed by atoms with Crippen molar-refractivity contribution in [2.45, 2.75) is 160 Å². The molecule has 318 valence electrons. The molecule has 0 radical (unpaired) electrons. The van der Waals surface area contributed by atoms with Crippen molar-refractivity contribution in [2.75, 3.05) is 25.0 Å². The SMILES string of the molecule is C=CCCC.C=CCCCNCCC(C)(C)CCC(C)(C)C.CC.CC.CCCc1c(F)c(C)cc(F)c1F.CN1Cc2ccccc2CCc2ccccc21. The molecule has 56 heavy (non-hydrogen) atoms. The molecule has 3 aromatic carbocycles. The van der Waals surface area contributed by atoms with E-state index >= 15 is 0 Å². The quantitative estimate of drug-likeness (QED) is 0.106. The van der Waals surface area contributed by atoms with Crippen LogP contribution >= 0.6 is 0 Å². The second-order valence-corrected chi connectivity index (χ2v) is 16.0. The van der Waals surface area contributed by atoms with Crippen LogP contribution in [-0.2, 0) is 25.8 Å². The summed E-state index contributed by atoms with van der Waals surface area (Å²) >= 11 is 0. The summed E-state index contributed by atoms with van der Waals surface area (Å²) in [5, 5.41) is 3.53. The first-order valence-electron chi connectivity index (χ1n) is 21.5. The van der Waals surface area contributed by atoms with Crippen molar-refractivity contribution in [3.05, 3.63) is 125 Å². The Balaban J connectivity index is 0. The lowest BCUT2D eigenvalue weighted by Crippen LogP contribution is -2.24. The second kappa shape index (κ2) is 31.7. The van der Waals surface area contributed by atoms with Gasteiger partial charge < -0.3 is 10.2 Å². The van der Waals surface area contributed by atoms with Crippen LogP contribution in [0.2, 0.25) is 0 Å². The fourth-order valence-corrected chi connectivity index (χ4v) is 5.89. The predicted octanol–water partition coefficient (Wildman–Crippen LogP) is 15.6. The first-order valence-corrected chi connectivity index (χ1v) is 21.5. The third-order valence-electron chi connectivity index (χ3n) is 9.31. The normalized spacial score (nSPS) is 11.6. The van der Waals surface area contributed by atoms with E-state index in [0.717, 1.165) is 51.4 Å². The highest BCUT2D eigenvalue weighted by Gasteiger charge is 2.21. The van der Waals surface area contributed by atoms with Gasteiger partial charge in [0.05, 0.1) is 0 Å². The summed E-state index contributed by atoms with van der Waals surface area (Å²) in [6.45, 7) is 35.7. The van der Waals surface area contributed by atoms with Gasteiger partial charge in [-0.1, -0.05) is 144 Å². The van der Waals surface area contributed by atoms with Crippen LogP contribution in [0.1, 0.15) is 155 Å². The molecule has 0 spiro atoms. The molecule has 0 fully saturated rings. The molecule has 0 aromatic heterocycles. The monoisotopic (exact) mass is 781 g/mol. The number of nitrogens with one attached hydrogen (secondary N) is 1. The van der Waals surface area contributed by atoms with Crippen LogP contribution in [0.15, 0.2) is 79.9 Å². The minimum atomic E-state index is -1.05. The highest BCUT2D eigenvalue weighted by molar-refractivity contribution is 5.55. The largest absolute Gasteiger partial charge is 0.370 e. The Kier molecular flexibility index (Phi) is 31.1. The molecule has 1 N–H and O–H groups in total. The molecule has 0 atom stereocenters. The molecule has 0 saturated heterocycles. The van der Waals surface area contributed by atoms with E-state index in [-0.39, 0.29) is 17.5 Å². The first-order chi connectivity index (χ1) is 26.6. The molecule has 0 unspecified atom stereocenters. The van der Waals surface area contributed by atoms with E-state index in [2.05, 4.69) is 120 Å². The van der Waals surface area contributed by atoms with E-state index in [4.69, 9.17) is 0 Å². The van der Waals surface area contributed by atoms with Crippen LogP contribution in [-0.4, -0.2) is 20.1 Å². The number of unbranched alkanes of at least 4 members (excludes halogenated alkanes) is 2. The maximum Gasteiger partial charge on any atom is 0.164 e. The highest BCUT2D eigenvalue weighted by atomic mass is 19.2. The van der Waals surface area contributed by atoms with E-state index in [1.807, 2.05) is 39.8 Å². The van der Waals surface area contributed by atoms with Crippen LogP contribution in [0.3, 0.4) is 0 Å². The van der Waals surface area contributed by atoms with Gasteiger partial charge in [0.1, 0.15) is 5.82 Å². The lowest BCUT2D eigenvalue weighted by molar-refractivity contribution is 0.239. The minimum absolute atomic E-state index is 0.139. The Labute approximate surface area is 344 Å². The number of fused-ring (bicyclic) bond motifs is 2. The number of benzene rings is 3. The zero-order valence-corrected chi connectivity index (χ0v) is 38.2. The Morgan fingerprint density at radius 3 is 1.80 bits per heavy atom. The molecular formula is C51H83F3N2. The van der Waals surface area contributed by atoms with Gasteiger partial charge in [-0.15, -0.1) is 13.2 Å². The van der Waals surface area contributed by atoms with Gasteiger partial charge in [-0.3, -0.25) is 0 Å². The number of halogens is 3. The predicted molar refractivity (Wildman–Crippen MR) is 245 cm³/mol. The summed E-state index contributed by atoms with van der Waals surface area (Å²) in [7, 11) is 2.18. The number of aryl methyl sites for hydroxylation is 3. The summed E-state index contributed by atoms with van der Waals surface area (Å²) in [5.74, 6) is -2.65. The minimum Gasteiger partial charge on any atom is -0.370 e. The lowest BCUT2D eigenvalue weighted by Gasteiger charge is -2.29. The summed E-state index contributed by atoms with van der Waals surface area (Å²) in [5.41, 5.74) is 6.75. The van der Waals surface area contributed by atoms with Crippen LogP contribution in [0, 0.1) is 35.2 Å². The standard InChI is InChI=1S/C16H17N.C16H33N.C10H11F3.C5H10.2C2H6/c1-17-12-15-8-3-2-6-13(15)10-11-14-7-4-5-9-16(14)17;1-7-8-9-13-17-14-12-16(5,6)11-10-15(2,3)4;1-3-4-7-9(12)6(2)5-8(11)10(7)13;1-3-5-4-2;2*1-2/h2-9H,10-12H2,1H3;7,17H,1,8-14H2,2-6H3;5H,3-4H2,1-2H3;3H,1,4-5H2,2H3;2*1-2H3. The number of rotatable bonds is 13. The average molecular weight is 781 g/mol. The molecule has 1 aliphatic heterocycles. The molecule has 0 aliphatic carbocycles. The average Bonchev–Trinajstić information content (AvgIpc) is 3.18. The smallest absolute Gasteiger partial charge is 0.164 e. The Hall–Kier alpha value is -3.31. The second-order valence-electron chi connectivity index (χ2n) is 16.0. The summed E-state index contributed by atoms with van der Waals surface area (Å²) in [6.07, 6.45) is 15.7. The van der Waals surface area contributed by atoms with Crippen molar-refractivity contribution >= 4 is 5.69 Å². The van der Waals surface area contributed by atoms with Gasteiger partial charge in [-0.2, -0.15) is 0 Å². The van der Waals surface area contributed by atoms with Crippen molar-refractivity contribution in [3.8, 4) is 0 Å².